The third-order valence-corrected chi connectivity index (χ3v) is 10.1. The highest BCUT2D eigenvalue weighted by Crippen LogP contribution is 2.52. The van der Waals surface area contributed by atoms with Crippen molar-refractivity contribution in [2.45, 2.75) is 69.6 Å². The van der Waals surface area contributed by atoms with E-state index in [1.807, 2.05) is 12.1 Å². The number of fused-ring (bicyclic) bond motifs is 6. The lowest BCUT2D eigenvalue weighted by atomic mass is 9.78. The highest BCUT2D eigenvalue weighted by atomic mass is 16.4. The molecule has 5 heteroatoms. The van der Waals surface area contributed by atoms with Gasteiger partial charge in [0.25, 0.3) is 0 Å². The van der Waals surface area contributed by atoms with Crippen molar-refractivity contribution in [3.8, 4) is 0 Å². The molecule has 3 aliphatic rings. The van der Waals surface area contributed by atoms with Crippen LogP contribution in [-0.4, -0.2) is 34.8 Å². The van der Waals surface area contributed by atoms with Gasteiger partial charge in [-0.05, 0) is 90.6 Å². The number of aliphatic hydroxyl groups excluding tert-OH is 1. The van der Waals surface area contributed by atoms with Gasteiger partial charge in [-0.25, -0.2) is 0 Å². The predicted molar refractivity (Wildman–Crippen MR) is 169 cm³/mol. The lowest BCUT2D eigenvalue weighted by Gasteiger charge is -2.27. The van der Waals surface area contributed by atoms with Crippen molar-refractivity contribution in [1.29, 1.82) is 0 Å². The number of carboxylic acids is 1. The molecule has 4 unspecified atom stereocenters. The SMILES string of the molecule is CC1(C)c2c(ccc3ccccc23)[NH+](CCC(=O)O)C1/C=C/c1ccc2c(c1)C1CCCC1N2c1ccc(CO)cc1. The minimum Gasteiger partial charge on any atom is -0.481 e. The Morgan fingerprint density at radius 1 is 1.02 bits per heavy atom. The van der Waals surface area contributed by atoms with E-state index in [1.165, 1.54) is 68.7 Å². The first-order valence-corrected chi connectivity index (χ1v) is 15.3. The molecule has 1 saturated carbocycles. The lowest BCUT2D eigenvalue weighted by Crippen LogP contribution is -3.10. The first-order chi connectivity index (χ1) is 20.4. The molecule has 1 fully saturated rings. The van der Waals surface area contributed by atoms with E-state index in [4.69, 9.17) is 0 Å². The van der Waals surface area contributed by atoms with Crippen LogP contribution in [0.3, 0.4) is 0 Å². The van der Waals surface area contributed by atoms with Crippen molar-refractivity contribution in [3.63, 3.8) is 0 Å². The molecule has 3 N–H and O–H groups in total. The molecule has 4 atom stereocenters. The fraction of sp³-hybridized carbons (Fsp3) is 0.324. The maximum atomic E-state index is 11.6. The number of carboxylic acid groups (broad SMARTS) is 1. The maximum Gasteiger partial charge on any atom is 0.309 e. The van der Waals surface area contributed by atoms with E-state index in [1.54, 1.807) is 0 Å². The minimum atomic E-state index is -0.752. The van der Waals surface area contributed by atoms with Crippen LogP contribution in [0.1, 0.15) is 67.7 Å². The van der Waals surface area contributed by atoms with Crippen LogP contribution in [-0.2, 0) is 16.8 Å². The summed E-state index contributed by atoms with van der Waals surface area (Å²) < 4.78 is 0. The van der Waals surface area contributed by atoms with Crippen LogP contribution in [0.15, 0.2) is 84.9 Å². The van der Waals surface area contributed by atoms with E-state index in [-0.39, 0.29) is 24.5 Å². The van der Waals surface area contributed by atoms with E-state index in [0.29, 0.717) is 18.5 Å². The molecule has 4 aromatic rings. The van der Waals surface area contributed by atoms with Crippen LogP contribution in [0.4, 0.5) is 17.1 Å². The van der Waals surface area contributed by atoms with Crippen LogP contribution < -0.4 is 9.80 Å². The van der Waals surface area contributed by atoms with Crippen molar-refractivity contribution in [2.75, 3.05) is 11.4 Å². The Balaban J connectivity index is 1.24. The Labute approximate surface area is 247 Å². The third kappa shape index (κ3) is 4.34. The number of hydrogen-bond donors (Lipinski definition) is 3. The molecule has 214 valence electrons. The summed E-state index contributed by atoms with van der Waals surface area (Å²) in [7, 11) is 0. The molecule has 7 rings (SSSR count). The van der Waals surface area contributed by atoms with Crippen LogP contribution in [0.5, 0.6) is 0 Å². The summed E-state index contributed by atoms with van der Waals surface area (Å²) in [5.41, 5.74) is 8.46. The summed E-state index contributed by atoms with van der Waals surface area (Å²) in [6, 6.07) is 28.8. The number of aliphatic hydroxyl groups is 1. The van der Waals surface area contributed by atoms with Gasteiger partial charge in [-0.1, -0.05) is 55.0 Å². The number of nitrogens with zero attached hydrogens (tertiary/aromatic N) is 1. The first-order valence-electron chi connectivity index (χ1n) is 15.3. The number of aliphatic carboxylic acids is 1. The molecule has 0 radical (unpaired) electrons. The average Bonchev–Trinajstić information content (AvgIpc) is 3.65. The number of hydrogen-bond acceptors (Lipinski definition) is 3. The molecule has 42 heavy (non-hydrogen) atoms. The van der Waals surface area contributed by atoms with Crippen molar-refractivity contribution in [2.24, 2.45) is 0 Å². The zero-order valence-electron chi connectivity index (χ0n) is 24.4. The maximum absolute atomic E-state index is 11.6. The van der Waals surface area contributed by atoms with Gasteiger partial charge in [-0.2, -0.15) is 0 Å². The number of carbonyl (C=O) groups is 1. The highest BCUT2D eigenvalue weighted by Gasteiger charge is 2.49. The summed E-state index contributed by atoms with van der Waals surface area (Å²) in [4.78, 5) is 15.4. The van der Waals surface area contributed by atoms with Crippen LogP contribution in [0, 0.1) is 0 Å². The summed E-state index contributed by atoms with van der Waals surface area (Å²) >= 11 is 0. The molecule has 1 aliphatic carbocycles. The molecule has 0 amide bonds. The Hall–Kier alpha value is -3.93. The second kappa shape index (κ2) is 10.4. The minimum absolute atomic E-state index is 0.0627. The molecule has 0 saturated heterocycles. The quantitative estimate of drug-likeness (QED) is 0.242. The molecule has 2 aliphatic heterocycles. The Kier molecular flexibility index (Phi) is 6.68. The van der Waals surface area contributed by atoms with Gasteiger partial charge < -0.3 is 15.1 Å². The van der Waals surface area contributed by atoms with Gasteiger partial charge in [0, 0.05) is 35.0 Å². The molecular formula is C37H39N2O3+. The second-order valence-corrected chi connectivity index (χ2v) is 12.8. The van der Waals surface area contributed by atoms with Crippen molar-refractivity contribution in [3.05, 3.63) is 107 Å². The van der Waals surface area contributed by atoms with E-state index in [9.17, 15) is 15.0 Å². The largest absolute Gasteiger partial charge is 0.481 e. The van der Waals surface area contributed by atoms with E-state index in [0.717, 1.165) is 5.56 Å². The second-order valence-electron chi connectivity index (χ2n) is 12.8. The van der Waals surface area contributed by atoms with Crippen molar-refractivity contribution >= 4 is 39.9 Å². The van der Waals surface area contributed by atoms with Gasteiger partial charge in [0.05, 0.1) is 25.0 Å². The monoisotopic (exact) mass is 559 g/mol. The van der Waals surface area contributed by atoms with Crippen LogP contribution in [0.25, 0.3) is 16.8 Å². The van der Waals surface area contributed by atoms with Gasteiger partial charge in [-0.15, -0.1) is 0 Å². The van der Waals surface area contributed by atoms with Gasteiger partial charge in [0.2, 0.25) is 0 Å². The molecule has 0 aromatic heterocycles. The summed E-state index contributed by atoms with van der Waals surface area (Å²) in [6.45, 7) is 5.24. The van der Waals surface area contributed by atoms with Gasteiger partial charge in [-0.3, -0.25) is 9.69 Å². The topological polar surface area (TPSA) is 65.2 Å². The van der Waals surface area contributed by atoms with E-state index >= 15 is 0 Å². The zero-order valence-corrected chi connectivity index (χ0v) is 24.4. The van der Waals surface area contributed by atoms with Gasteiger partial charge in [0.1, 0.15) is 11.7 Å². The van der Waals surface area contributed by atoms with Gasteiger partial charge in [0.15, 0.2) is 0 Å². The zero-order chi connectivity index (χ0) is 29.0. The van der Waals surface area contributed by atoms with Crippen LogP contribution >= 0.6 is 0 Å². The molecular weight excluding hydrogens is 520 g/mol. The van der Waals surface area contributed by atoms with Gasteiger partial charge >= 0.3 is 5.97 Å². The Bertz CT molecular complexity index is 1690. The first kappa shape index (κ1) is 26.9. The smallest absolute Gasteiger partial charge is 0.309 e. The third-order valence-electron chi connectivity index (χ3n) is 10.1. The highest BCUT2D eigenvalue weighted by molar-refractivity contribution is 5.90. The number of benzene rings is 4. The Morgan fingerprint density at radius 2 is 1.83 bits per heavy atom. The molecule has 0 bridgehead atoms. The average molecular weight is 560 g/mol. The number of nitrogens with one attached hydrogen (secondary N) is 1. The normalized spacial score (nSPS) is 23.8. The number of rotatable bonds is 7. The summed E-state index contributed by atoms with van der Waals surface area (Å²) in [5.74, 6) is -0.223. The fourth-order valence-electron chi connectivity index (χ4n) is 8.16. The standard InChI is InChI=1S/C37H38N2O3/c1-37(2)34(38(21-20-35(41)42)33-18-14-26-6-3-4-7-28(26)36(33)37)19-13-24-12-17-32-30(22-24)29-8-5-9-31(29)39(32)27-15-10-25(23-40)11-16-27/h3-4,6-7,10-19,22,29,31,34,40H,5,8-9,20-21,23H2,1-2H3,(H,41,42)/p+1/b19-13+. The Morgan fingerprint density at radius 3 is 2.62 bits per heavy atom. The molecule has 4 aromatic carbocycles. The van der Waals surface area contributed by atoms with E-state index < -0.39 is 5.97 Å². The van der Waals surface area contributed by atoms with Crippen LogP contribution in [0.2, 0.25) is 0 Å². The molecule has 2 heterocycles. The molecule has 0 spiro atoms. The lowest BCUT2D eigenvalue weighted by molar-refractivity contribution is -0.849. The number of quaternary nitrogens is 1. The summed E-state index contributed by atoms with van der Waals surface area (Å²) in [5, 5.41) is 21.6. The predicted octanol–water partition coefficient (Wildman–Crippen LogP) is 6.48. The van der Waals surface area contributed by atoms with Crippen molar-refractivity contribution < 1.29 is 19.9 Å². The van der Waals surface area contributed by atoms with Crippen molar-refractivity contribution in [1.82, 2.24) is 0 Å². The fourth-order valence-corrected chi connectivity index (χ4v) is 8.16. The number of anilines is 2. The van der Waals surface area contributed by atoms with E-state index in [2.05, 4.69) is 97.6 Å². The summed E-state index contributed by atoms with van der Waals surface area (Å²) in [6.07, 6.45) is 8.38. The molecule has 5 nitrogen and oxygen atoms in total.